The molecule has 0 aromatic rings. The second kappa shape index (κ2) is 2.76. The van der Waals surface area contributed by atoms with Crippen molar-refractivity contribution in [3.63, 3.8) is 0 Å². The van der Waals surface area contributed by atoms with Gasteiger partial charge in [-0.25, -0.2) is 0 Å². The van der Waals surface area contributed by atoms with Gasteiger partial charge in [0.2, 0.25) is 0 Å². The van der Waals surface area contributed by atoms with Crippen LogP contribution < -0.4 is 0 Å². The van der Waals surface area contributed by atoms with E-state index in [0.717, 1.165) is 18.6 Å². The third kappa shape index (κ3) is 1.42. The van der Waals surface area contributed by atoms with Gasteiger partial charge in [0.15, 0.2) is 0 Å². The van der Waals surface area contributed by atoms with Crippen molar-refractivity contribution in [2.45, 2.75) is 32.4 Å². The normalized spacial score (nSPS) is 37.4. The Bertz CT molecular complexity index is 146. The van der Waals surface area contributed by atoms with Crippen LogP contribution in [0.4, 0.5) is 0 Å². The molecule has 0 saturated carbocycles. The lowest BCUT2D eigenvalue weighted by Gasteiger charge is -2.27. The molecule has 0 aliphatic carbocycles. The molecule has 2 nitrogen and oxygen atoms in total. The molecule has 0 N–H and O–H groups in total. The summed E-state index contributed by atoms with van der Waals surface area (Å²) in [6, 6.07) is 0.752. The fraction of sp³-hybridized carbons (Fsp3) is 1.00. The van der Waals surface area contributed by atoms with Gasteiger partial charge in [-0.2, -0.15) is 0 Å². The van der Waals surface area contributed by atoms with Gasteiger partial charge in [-0.15, -0.1) is 0 Å². The summed E-state index contributed by atoms with van der Waals surface area (Å²) in [5, 5.41) is 0. The minimum atomic E-state index is 0.568. The maximum Gasteiger partial charge on any atom is 0.0718 e. The molecule has 64 valence electrons. The summed E-state index contributed by atoms with van der Waals surface area (Å²) in [5.74, 6) is 0.800. The van der Waals surface area contributed by atoms with E-state index in [9.17, 15) is 0 Å². The van der Waals surface area contributed by atoms with Crippen LogP contribution in [-0.2, 0) is 4.74 Å². The van der Waals surface area contributed by atoms with E-state index in [1.807, 2.05) is 0 Å². The Balaban J connectivity index is 1.87. The number of hydrogen-bond acceptors (Lipinski definition) is 2. The predicted molar refractivity (Wildman–Crippen MR) is 44.6 cm³/mol. The van der Waals surface area contributed by atoms with E-state index >= 15 is 0 Å². The highest BCUT2D eigenvalue weighted by molar-refractivity contribution is 4.91. The first-order valence-electron chi connectivity index (χ1n) is 4.61. The predicted octanol–water partition coefficient (Wildman–Crippen LogP) is 1.12. The van der Waals surface area contributed by atoms with Crippen molar-refractivity contribution in [1.82, 2.24) is 4.90 Å². The lowest BCUT2D eigenvalue weighted by Crippen LogP contribution is -2.39. The minimum absolute atomic E-state index is 0.568. The fourth-order valence-electron chi connectivity index (χ4n) is 2.17. The van der Waals surface area contributed by atoms with Gasteiger partial charge in [0.05, 0.1) is 12.7 Å². The molecule has 0 spiro atoms. The molecule has 0 radical (unpaired) electrons. The standard InChI is InChI=1S/C9H17NO/c1-7(2)4-10-5-9-3-8(10)6-11-9/h7-9H,3-6H2,1-2H3/t8?,9-/m1/s1. The summed E-state index contributed by atoms with van der Waals surface area (Å²) in [4.78, 5) is 2.58. The first kappa shape index (κ1) is 7.56. The van der Waals surface area contributed by atoms with Crippen molar-refractivity contribution in [1.29, 1.82) is 0 Å². The third-order valence-electron chi connectivity index (χ3n) is 2.61. The number of hydrogen-bond donors (Lipinski definition) is 0. The average molecular weight is 155 g/mol. The van der Waals surface area contributed by atoms with Crippen LogP contribution in [0, 0.1) is 5.92 Å². The van der Waals surface area contributed by atoms with Crippen molar-refractivity contribution in [3.8, 4) is 0 Å². The number of likely N-dealkylation sites (tertiary alicyclic amines) is 1. The van der Waals surface area contributed by atoms with Gasteiger partial charge >= 0.3 is 0 Å². The first-order chi connectivity index (χ1) is 5.25. The van der Waals surface area contributed by atoms with Crippen LogP contribution in [0.3, 0.4) is 0 Å². The van der Waals surface area contributed by atoms with Crippen molar-refractivity contribution < 1.29 is 4.74 Å². The lowest BCUT2D eigenvalue weighted by atomic mass is 10.2. The van der Waals surface area contributed by atoms with E-state index < -0.39 is 0 Å². The largest absolute Gasteiger partial charge is 0.375 e. The smallest absolute Gasteiger partial charge is 0.0718 e. The van der Waals surface area contributed by atoms with Crippen molar-refractivity contribution in [3.05, 3.63) is 0 Å². The SMILES string of the molecule is CC(C)CN1C[C@H]2CC1CO2. The number of nitrogens with zero attached hydrogens (tertiary/aromatic N) is 1. The molecule has 2 aliphatic rings. The summed E-state index contributed by atoms with van der Waals surface area (Å²) < 4.78 is 5.52. The molecule has 2 aliphatic heterocycles. The molecule has 2 saturated heterocycles. The van der Waals surface area contributed by atoms with Gasteiger partial charge in [0.25, 0.3) is 0 Å². The molecule has 2 bridgehead atoms. The second-order valence-electron chi connectivity index (χ2n) is 4.19. The summed E-state index contributed by atoms with van der Waals surface area (Å²) in [6.07, 6.45) is 1.85. The summed E-state index contributed by atoms with van der Waals surface area (Å²) in [7, 11) is 0. The van der Waals surface area contributed by atoms with Gasteiger partial charge in [-0.05, 0) is 12.3 Å². The maximum absolute atomic E-state index is 5.52. The molecule has 11 heavy (non-hydrogen) atoms. The molecule has 0 amide bonds. The van der Waals surface area contributed by atoms with Crippen molar-refractivity contribution >= 4 is 0 Å². The van der Waals surface area contributed by atoms with E-state index in [2.05, 4.69) is 18.7 Å². The molecule has 2 rings (SSSR count). The Morgan fingerprint density at radius 3 is 2.82 bits per heavy atom. The zero-order valence-corrected chi connectivity index (χ0v) is 7.42. The van der Waals surface area contributed by atoms with Crippen LogP contribution in [-0.4, -0.2) is 36.7 Å². The summed E-state index contributed by atoms with van der Waals surface area (Å²) >= 11 is 0. The number of morpholine rings is 1. The zero-order valence-electron chi connectivity index (χ0n) is 7.42. The van der Waals surface area contributed by atoms with Crippen molar-refractivity contribution in [2.75, 3.05) is 19.7 Å². The Kier molecular flexibility index (Phi) is 1.90. The van der Waals surface area contributed by atoms with Crippen molar-refractivity contribution in [2.24, 2.45) is 5.92 Å². The average Bonchev–Trinajstić information content (AvgIpc) is 2.45. The number of rotatable bonds is 2. The fourth-order valence-corrected chi connectivity index (χ4v) is 2.17. The molecular weight excluding hydrogens is 138 g/mol. The monoisotopic (exact) mass is 155 g/mol. The number of ether oxygens (including phenoxy) is 1. The highest BCUT2D eigenvalue weighted by Crippen LogP contribution is 2.27. The molecule has 0 aromatic heterocycles. The quantitative estimate of drug-likeness (QED) is 0.592. The van der Waals surface area contributed by atoms with Gasteiger partial charge in [0, 0.05) is 19.1 Å². The molecule has 2 heterocycles. The van der Waals surface area contributed by atoms with E-state index in [4.69, 9.17) is 4.74 Å². The van der Waals surface area contributed by atoms with E-state index in [1.54, 1.807) is 0 Å². The third-order valence-corrected chi connectivity index (χ3v) is 2.61. The van der Waals surface area contributed by atoms with E-state index in [0.29, 0.717) is 6.10 Å². The molecular formula is C9H17NO. The lowest BCUT2D eigenvalue weighted by molar-refractivity contribution is 0.0262. The van der Waals surface area contributed by atoms with Gasteiger partial charge in [-0.3, -0.25) is 4.90 Å². The van der Waals surface area contributed by atoms with Crippen LogP contribution in [0.5, 0.6) is 0 Å². The van der Waals surface area contributed by atoms with Gasteiger partial charge < -0.3 is 4.74 Å². The Hall–Kier alpha value is -0.0800. The highest BCUT2D eigenvalue weighted by atomic mass is 16.5. The number of fused-ring (bicyclic) bond motifs is 2. The molecule has 2 fully saturated rings. The first-order valence-corrected chi connectivity index (χ1v) is 4.61. The van der Waals surface area contributed by atoms with Crippen LogP contribution >= 0.6 is 0 Å². The minimum Gasteiger partial charge on any atom is -0.375 e. The molecule has 2 heteroatoms. The Morgan fingerprint density at radius 1 is 1.55 bits per heavy atom. The van der Waals surface area contributed by atoms with Gasteiger partial charge in [0.1, 0.15) is 0 Å². The maximum atomic E-state index is 5.52. The summed E-state index contributed by atoms with van der Waals surface area (Å²) in [5.41, 5.74) is 0. The van der Waals surface area contributed by atoms with Crippen LogP contribution in [0.2, 0.25) is 0 Å². The Labute approximate surface area is 68.5 Å². The van der Waals surface area contributed by atoms with Crippen LogP contribution in [0.1, 0.15) is 20.3 Å². The topological polar surface area (TPSA) is 12.5 Å². The zero-order chi connectivity index (χ0) is 7.84. The van der Waals surface area contributed by atoms with Crippen LogP contribution in [0.25, 0.3) is 0 Å². The highest BCUT2D eigenvalue weighted by Gasteiger charge is 2.38. The summed E-state index contributed by atoms with van der Waals surface area (Å²) in [6.45, 7) is 7.99. The van der Waals surface area contributed by atoms with Crippen LogP contribution in [0.15, 0.2) is 0 Å². The molecule has 0 aromatic carbocycles. The Morgan fingerprint density at radius 2 is 2.36 bits per heavy atom. The van der Waals surface area contributed by atoms with E-state index in [-0.39, 0.29) is 0 Å². The van der Waals surface area contributed by atoms with Gasteiger partial charge in [-0.1, -0.05) is 13.8 Å². The molecule has 1 unspecified atom stereocenters. The van der Waals surface area contributed by atoms with E-state index in [1.165, 1.54) is 19.5 Å². The second-order valence-corrected chi connectivity index (χ2v) is 4.19. The molecule has 2 atom stereocenters.